The molecule has 2 aromatic rings. The zero-order valence-corrected chi connectivity index (χ0v) is 17.8. The largest absolute Gasteiger partial charge is 0.478 e. The van der Waals surface area contributed by atoms with Gasteiger partial charge in [-0.25, -0.2) is 9.79 Å². The molecular formula is C23H23N3O3S. The highest BCUT2D eigenvalue weighted by Crippen LogP contribution is 2.34. The number of amidine groups is 1. The molecular weight excluding hydrogens is 398 g/mol. The van der Waals surface area contributed by atoms with Gasteiger partial charge in [0.1, 0.15) is 0 Å². The third-order valence-corrected chi connectivity index (χ3v) is 6.48. The van der Waals surface area contributed by atoms with Crippen LogP contribution in [0.4, 0.5) is 11.4 Å². The van der Waals surface area contributed by atoms with Crippen LogP contribution in [0.1, 0.15) is 34.3 Å². The minimum atomic E-state index is -0.990. The van der Waals surface area contributed by atoms with Gasteiger partial charge in [-0.15, -0.1) is 0 Å². The van der Waals surface area contributed by atoms with E-state index in [1.165, 1.54) is 35.2 Å². The number of anilines is 1. The minimum absolute atomic E-state index is 0.116. The average molecular weight is 422 g/mol. The van der Waals surface area contributed by atoms with Gasteiger partial charge in [0.25, 0.3) is 5.91 Å². The quantitative estimate of drug-likeness (QED) is 0.735. The van der Waals surface area contributed by atoms with E-state index in [1.54, 1.807) is 32.2 Å². The molecule has 1 N–H and O–H groups in total. The molecule has 4 rings (SSSR count). The maximum absolute atomic E-state index is 12.7. The molecule has 30 heavy (non-hydrogen) atoms. The second-order valence-corrected chi connectivity index (χ2v) is 8.42. The fraction of sp³-hybridized carbons (Fsp3) is 0.261. The summed E-state index contributed by atoms with van der Waals surface area (Å²) in [5, 5.41) is 9.84. The molecule has 0 aliphatic carbocycles. The van der Waals surface area contributed by atoms with Crippen LogP contribution in [0, 0.1) is 6.92 Å². The van der Waals surface area contributed by atoms with E-state index in [4.69, 9.17) is 0 Å². The summed E-state index contributed by atoms with van der Waals surface area (Å²) in [5.74, 6) is -1.11. The highest BCUT2D eigenvalue weighted by atomic mass is 32.2. The highest BCUT2D eigenvalue weighted by molar-refractivity contribution is 8.18. The first-order valence-electron chi connectivity index (χ1n) is 9.88. The van der Waals surface area contributed by atoms with Crippen LogP contribution in [0.5, 0.6) is 0 Å². The Balaban J connectivity index is 1.57. The monoisotopic (exact) mass is 421 g/mol. The lowest BCUT2D eigenvalue weighted by atomic mass is 10.1. The minimum Gasteiger partial charge on any atom is -0.478 e. The molecule has 0 atom stereocenters. The van der Waals surface area contributed by atoms with Crippen LogP contribution in [0.15, 0.2) is 52.4 Å². The number of nitrogens with zero attached hydrogens (tertiary/aromatic N) is 3. The first-order chi connectivity index (χ1) is 14.4. The van der Waals surface area contributed by atoms with E-state index in [0.717, 1.165) is 18.7 Å². The van der Waals surface area contributed by atoms with Gasteiger partial charge < -0.3 is 10.0 Å². The van der Waals surface area contributed by atoms with Crippen molar-refractivity contribution in [2.75, 3.05) is 25.0 Å². The summed E-state index contributed by atoms with van der Waals surface area (Å²) < 4.78 is 0. The van der Waals surface area contributed by atoms with Gasteiger partial charge in [0, 0.05) is 25.8 Å². The predicted octanol–water partition coefficient (Wildman–Crippen LogP) is 4.53. The number of rotatable bonds is 4. The summed E-state index contributed by atoms with van der Waals surface area (Å²) in [4.78, 5) is 33.1. The van der Waals surface area contributed by atoms with Crippen LogP contribution in [-0.2, 0) is 4.79 Å². The van der Waals surface area contributed by atoms with Crippen molar-refractivity contribution in [3.8, 4) is 0 Å². The first-order valence-corrected chi connectivity index (χ1v) is 10.7. The average Bonchev–Trinajstić information content (AvgIpc) is 3.35. The summed E-state index contributed by atoms with van der Waals surface area (Å²) in [7, 11) is 1.68. The lowest BCUT2D eigenvalue weighted by molar-refractivity contribution is -0.121. The number of carboxylic acid groups (broad SMARTS) is 1. The number of hydrogen-bond acceptors (Lipinski definition) is 5. The van der Waals surface area contributed by atoms with Crippen LogP contribution in [0.3, 0.4) is 0 Å². The van der Waals surface area contributed by atoms with Crippen LogP contribution in [0.2, 0.25) is 0 Å². The molecule has 2 fully saturated rings. The Morgan fingerprint density at radius 2 is 1.83 bits per heavy atom. The molecule has 0 aromatic heterocycles. The SMILES string of the molecule is Cc1c(N=C2S/C(=C\c3ccc(N4CCCC4)cc3)C(=O)N2C)cccc1C(=O)O. The Morgan fingerprint density at radius 1 is 1.13 bits per heavy atom. The number of amides is 1. The topological polar surface area (TPSA) is 73.2 Å². The van der Waals surface area contributed by atoms with Crippen molar-refractivity contribution in [3.63, 3.8) is 0 Å². The van der Waals surface area contributed by atoms with Crippen LogP contribution < -0.4 is 4.90 Å². The molecule has 0 radical (unpaired) electrons. The van der Waals surface area contributed by atoms with Crippen LogP contribution in [-0.4, -0.2) is 47.2 Å². The molecule has 1 amide bonds. The normalized spacial score (nSPS) is 19.3. The Hall–Kier alpha value is -3.06. The second kappa shape index (κ2) is 8.36. The van der Waals surface area contributed by atoms with Gasteiger partial charge in [-0.1, -0.05) is 18.2 Å². The Labute approximate surface area is 179 Å². The van der Waals surface area contributed by atoms with Gasteiger partial charge in [-0.2, -0.15) is 0 Å². The zero-order chi connectivity index (χ0) is 21.3. The van der Waals surface area contributed by atoms with E-state index < -0.39 is 5.97 Å². The maximum atomic E-state index is 12.7. The number of carboxylic acids is 1. The van der Waals surface area contributed by atoms with Crippen molar-refractivity contribution < 1.29 is 14.7 Å². The second-order valence-electron chi connectivity index (χ2n) is 7.41. The number of aromatic carboxylic acids is 1. The summed E-state index contributed by atoms with van der Waals surface area (Å²) in [6, 6.07) is 13.2. The zero-order valence-electron chi connectivity index (χ0n) is 17.0. The number of likely N-dealkylation sites (N-methyl/N-ethyl adjacent to an activating group) is 1. The number of hydrogen-bond donors (Lipinski definition) is 1. The number of benzene rings is 2. The third kappa shape index (κ3) is 3.98. The van der Waals surface area contributed by atoms with E-state index in [0.29, 0.717) is 21.3 Å². The number of carbonyl (C=O) groups excluding carboxylic acids is 1. The van der Waals surface area contributed by atoms with E-state index >= 15 is 0 Å². The molecule has 0 unspecified atom stereocenters. The summed E-state index contributed by atoms with van der Waals surface area (Å²) in [6.07, 6.45) is 4.35. The van der Waals surface area contributed by atoms with E-state index in [2.05, 4.69) is 22.0 Å². The summed E-state index contributed by atoms with van der Waals surface area (Å²) in [6.45, 7) is 3.92. The Kier molecular flexibility index (Phi) is 5.63. The van der Waals surface area contributed by atoms with Crippen molar-refractivity contribution in [1.29, 1.82) is 0 Å². The van der Waals surface area contributed by atoms with E-state index in [-0.39, 0.29) is 11.5 Å². The molecule has 7 heteroatoms. The lowest BCUT2D eigenvalue weighted by Gasteiger charge is -2.17. The van der Waals surface area contributed by atoms with E-state index in [1.807, 2.05) is 18.2 Å². The van der Waals surface area contributed by atoms with Gasteiger partial charge in [-0.05, 0) is 73.0 Å². The number of carbonyl (C=O) groups is 2. The van der Waals surface area contributed by atoms with Gasteiger partial charge in [-0.3, -0.25) is 9.69 Å². The van der Waals surface area contributed by atoms with Crippen LogP contribution in [0.25, 0.3) is 6.08 Å². The number of aliphatic imine (C=N–C) groups is 1. The van der Waals surface area contributed by atoms with Crippen molar-refractivity contribution in [1.82, 2.24) is 4.90 Å². The predicted molar refractivity (Wildman–Crippen MR) is 121 cm³/mol. The molecule has 2 saturated heterocycles. The molecule has 2 aliphatic rings. The lowest BCUT2D eigenvalue weighted by Crippen LogP contribution is -2.23. The van der Waals surface area contributed by atoms with Gasteiger partial charge >= 0.3 is 5.97 Å². The highest BCUT2D eigenvalue weighted by Gasteiger charge is 2.30. The molecule has 2 aromatic carbocycles. The molecule has 0 bridgehead atoms. The van der Waals surface area contributed by atoms with Crippen molar-refractivity contribution in [2.24, 2.45) is 4.99 Å². The standard InChI is InChI=1S/C23H23N3O3S/c1-15-18(22(28)29)6-5-7-19(15)24-23-25(2)21(27)20(30-23)14-16-8-10-17(11-9-16)26-12-3-4-13-26/h5-11,14H,3-4,12-13H2,1-2H3,(H,28,29)/b20-14-,24-23?. The summed E-state index contributed by atoms with van der Waals surface area (Å²) in [5.41, 5.74) is 3.52. The Bertz CT molecular complexity index is 1050. The fourth-order valence-corrected chi connectivity index (χ4v) is 4.62. The first kappa shape index (κ1) is 20.2. The molecule has 2 aliphatic heterocycles. The van der Waals surface area contributed by atoms with Crippen LogP contribution >= 0.6 is 11.8 Å². The van der Waals surface area contributed by atoms with Gasteiger partial charge in [0.05, 0.1) is 16.2 Å². The van der Waals surface area contributed by atoms with Gasteiger partial charge in [0.2, 0.25) is 0 Å². The van der Waals surface area contributed by atoms with E-state index in [9.17, 15) is 14.7 Å². The van der Waals surface area contributed by atoms with Crippen molar-refractivity contribution >= 4 is 46.3 Å². The number of thioether (sulfide) groups is 1. The maximum Gasteiger partial charge on any atom is 0.336 e. The summed E-state index contributed by atoms with van der Waals surface area (Å²) >= 11 is 1.30. The smallest absolute Gasteiger partial charge is 0.336 e. The van der Waals surface area contributed by atoms with Crippen molar-refractivity contribution in [3.05, 3.63) is 64.1 Å². The fourth-order valence-electron chi connectivity index (χ4n) is 3.64. The molecule has 0 saturated carbocycles. The molecule has 6 nitrogen and oxygen atoms in total. The van der Waals surface area contributed by atoms with Gasteiger partial charge in [0.15, 0.2) is 5.17 Å². The molecule has 0 spiro atoms. The molecule has 2 heterocycles. The third-order valence-electron chi connectivity index (χ3n) is 5.42. The van der Waals surface area contributed by atoms with Crippen molar-refractivity contribution in [2.45, 2.75) is 19.8 Å². The Morgan fingerprint density at radius 3 is 2.50 bits per heavy atom. The molecule has 154 valence electrons.